The van der Waals surface area contributed by atoms with Crippen LogP contribution in [-0.2, 0) is 4.79 Å². The largest absolute Gasteiger partial charge is 0.340 e. The molecule has 2 saturated heterocycles. The molecule has 0 aliphatic carbocycles. The van der Waals surface area contributed by atoms with E-state index in [0.29, 0.717) is 12.6 Å². The minimum atomic E-state index is 0. The van der Waals surface area contributed by atoms with Crippen molar-refractivity contribution in [3.8, 4) is 0 Å². The van der Waals surface area contributed by atoms with Crippen molar-refractivity contribution in [2.75, 3.05) is 39.0 Å². The summed E-state index contributed by atoms with van der Waals surface area (Å²) in [6.07, 6.45) is 2.17. The molecule has 1 N–H and O–H groups in total. The Labute approximate surface area is 118 Å². The van der Waals surface area contributed by atoms with Crippen molar-refractivity contribution in [3.63, 3.8) is 0 Å². The average Bonchev–Trinajstić information content (AvgIpc) is 2.75. The maximum absolute atomic E-state index is 12.1. The van der Waals surface area contributed by atoms with Crippen LogP contribution in [0.5, 0.6) is 0 Å². The lowest BCUT2D eigenvalue weighted by atomic mass is 10.1. The first kappa shape index (κ1) is 15.6. The maximum Gasteiger partial charge on any atom is 0.282 e. The van der Waals surface area contributed by atoms with Crippen LogP contribution in [-0.4, -0.2) is 66.0 Å². The molecule has 2 fully saturated rings. The Morgan fingerprint density at radius 2 is 2.28 bits per heavy atom. The van der Waals surface area contributed by atoms with Gasteiger partial charge in [0.1, 0.15) is 6.54 Å². The third kappa shape index (κ3) is 3.76. The van der Waals surface area contributed by atoms with E-state index in [1.807, 2.05) is 11.9 Å². The van der Waals surface area contributed by atoms with Crippen LogP contribution in [0, 0.1) is 0 Å². The number of rotatable bonds is 3. The van der Waals surface area contributed by atoms with Crippen molar-refractivity contribution in [3.05, 3.63) is 0 Å². The molecule has 2 rings (SSSR count). The Bertz CT molecular complexity index is 317. The van der Waals surface area contributed by atoms with Gasteiger partial charge in [-0.25, -0.2) is 0 Å². The van der Waals surface area contributed by atoms with E-state index in [9.17, 15) is 9.59 Å². The maximum atomic E-state index is 12.1. The van der Waals surface area contributed by atoms with Crippen molar-refractivity contribution < 1.29 is 9.59 Å². The SMILES string of the molecule is CNC1CCCN(C(=O)CN2CCSC2=O)C1.Cl. The fourth-order valence-corrected chi connectivity index (χ4v) is 3.10. The van der Waals surface area contributed by atoms with Gasteiger partial charge in [-0.05, 0) is 19.9 Å². The van der Waals surface area contributed by atoms with Crippen LogP contribution in [0.15, 0.2) is 0 Å². The van der Waals surface area contributed by atoms with Crippen molar-refractivity contribution >= 4 is 35.3 Å². The third-order valence-electron chi connectivity index (χ3n) is 3.35. The second kappa shape index (κ2) is 7.21. The van der Waals surface area contributed by atoms with Crippen LogP contribution in [0.4, 0.5) is 4.79 Å². The quantitative estimate of drug-likeness (QED) is 0.836. The summed E-state index contributed by atoms with van der Waals surface area (Å²) in [7, 11) is 1.93. The average molecular weight is 294 g/mol. The van der Waals surface area contributed by atoms with E-state index in [2.05, 4.69) is 5.32 Å². The summed E-state index contributed by atoms with van der Waals surface area (Å²) in [5, 5.41) is 3.25. The molecule has 0 bridgehead atoms. The highest BCUT2D eigenvalue weighted by molar-refractivity contribution is 8.13. The van der Waals surface area contributed by atoms with Gasteiger partial charge in [-0.15, -0.1) is 12.4 Å². The van der Waals surface area contributed by atoms with E-state index >= 15 is 0 Å². The van der Waals surface area contributed by atoms with Gasteiger partial charge in [0.15, 0.2) is 0 Å². The third-order valence-corrected chi connectivity index (χ3v) is 4.25. The molecule has 0 radical (unpaired) electrons. The lowest BCUT2D eigenvalue weighted by Crippen LogP contribution is -2.49. The van der Waals surface area contributed by atoms with Gasteiger partial charge in [0.05, 0.1) is 0 Å². The van der Waals surface area contributed by atoms with Gasteiger partial charge in [0.25, 0.3) is 5.24 Å². The van der Waals surface area contributed by atoms with Crippen molar-refractivity contribution in [2.45, 2.75) is 18.9 Å². The van der Waals surface area contributed by atoms with Crippen LogP contribution < -0.4 is 5.32 Å². The highest BCUT2D eigenvalue weighted by Gasteiger charge is 2.27. The minimum absolute atomic E-state index is 0. The van der Waals surface area contributed by atoms with Crippen LogP contribution in [0.3, 0.4) is 0 Å². The van der Waals surface area contributed by atoms with Gasteiger partial charge in [0, 0.05) is 31.4 Å². The lowest BCUT2D eigenvalue weighted by molar-refractivity contribution is -0.132. The minimum Gasteiger partial charge on any atom is -0.340 e. The Balaban J connectivity index is 0.00000162. The number of carbonyl (C=O) groups excluding carboxylic acids is 2. The number of amides is 2. The van der Waals surface area contributed by atoms with E-state index in [1.54, 1.807) is 4.90 Å². The van der Waals surface area contributed by atoms with Crippen LogP contribution >= 0.6 is 24.2 Å². The molecule has 0 aromatic heterocycles. The van der Waals surface area contributed by atoms with Gasteiger partial charge in [-0.1, -0.05) is 11.8 Å². The van der Waals surface area contributed by atoms with Gasteiger partial charge in [-0.3, -0.25) is 9.59 Å². The molecular weight excluding hydrogens is 274 g/mol. The van der Waals surface area contributed by atoms with Gasteiger partial charge in [0.2, 0.25) is 5.91 Å². The Morgan fingerprint density at radius 3 is 2.89 bits per heavy atom. The van der Waals surface area contributed by atoms with E-state index < -0.39 is 0 Å². The highest BCUT2D eigenvalue weighted by atomic mass is 35.5. The normalized spacial score (nSPS) is 24.1. The first-order valence-electron chi connectivity index (χ1n) is 6.07. The zero-order valence-corrected chi connectivity index (χ0v) is 12.2. The first-order chi connectivity index (χ1) is 8.20. The zero-order chi connectivity index (χ0) is 12.3. The van der Waals surface area contributed by atoms with E-state index in [0.717, 1.165) is 31.7 Å². The molecule has 5 nitrogen and oxygen atoms in total. The summed E-state index contributed by atoms with van der Waals surface area (Å²) in [6, 6.07) is 0.399. The fourth-order valence-electron chi connectivity index (χ4n) is 2.27. The number of likely N-dealkylation sites (tertiary alicyclic amines) is 1. The molecule has 2 heterocycles. The molecule has 2 amide bonds. The molecule has 0 spiro atoms. The number of likely N-dealkylation sites (N-methyl/N-ethyl adjacent to an activating group) is 1. The molecular formula is C11H20ClN3O2S. The number of nitrogens with one attached hydrogen (secondary N) is 1. The van der Waals surface area contributed by atoms with E-state index in [1.165, 1.54) is 11.8 Å². The molecule has 104 valence electrons. The van der Waals surface area contributed by atoms with Crippen molar-refractivity contribution in [2.24, 2.45) is 0 Å². The second-order valence-corrected chi connectivity index (χ2v) is 5.55. The van der Waals surface area contributed by atoms with Crippen molar-refractivity contribution in [1.29, 1.82) is 0 Å². The Morgan fingerprint density at radius 1 is 1.50 bits per heavy atom. The number of piperidine rings is 1. The van der Waals surface area contributed by atoms with Gasteiger partial charge < -0.3 is 15.1 Å². The number of carbonyl (C=O) groups is 2. The number of hydrogen-bond donors (Lipinski definition) is 1. The molecule has 7 heteroatoms. The highest BCUT2D eigenvalue weighted by Crippen LogP contribution is 2.17. The molecule has 1 unspecified atom stereocenters. The molecule has 0 aromatic carbocycles. The standard InChI is InChI=1S/C11H19N3O2S.ClH/c1-12-9-3-2-4-13(7-9)10(15)8-14-5-6-17-11(14)16;/h9,12H,2-8H2,1H3;1H. The summed E-state index contributed by atoms with van der Waals surface area (Å²) >= 11 is 1.30. The predicted octanol–water partition coefficient (Wildman–Crippen LogP) is 0.787. The molecule has 18 heavy (non-hydrogen) atoms. The monoisotopic (exact) mass is 293 g/mol. The Hall–Kier alpha value is -0.460. The first-order valence-corrected chi connectivity index (χ1v) is 7.06. The van der Waals surface area contributed by atoms with Crippen molar-refractivity contribution in [1.82, 2.24) is 15.1 Å². The lowest BCUT2D eigenvalue weighted by Gasteiger charge is -2.33. The van der Waals surface area contributed by atoms with Gasteiger partial charge in [-0.2, -0.15) is 0 Å². The smallest absolute Gasteiger partial charge is 0.282 e. The van der Waals surface area contributed by atoms with E-state index in [4.69, 9.17) is 0 Å². The fraction of sp³-hybridized carbons (Fsp3) is 0.818. The zero-order valence-electron chi connectivity index (χ0n) is 10.6. The van der Waals surface area contributed by atoms with Crippen LogP contribution in [0.25, 0.3) is 0 Å². The molecule has 0 aromatic rings. The summed E-state index contributed by atoms with van der Waals surface area (Å²) in [4.78, 5) is 27.0. The summed E-state index contributed by atoms with van der Waals surface area (Å²) in [6.45, 7) is 2.55. The molecule has 2 aliphatic rings. The summed E-state index contributed by atoms with van der Waals surface area (Å²) in [5.41, 5.74) is 0. The van der Waals surface area contributed by atoms with Crippen LogP contribution in [0.2, 0.25) is 0 Å². The predicted molar refractivity (Wildman–Crippen MR) is 75.3 cm³/mol. The number of hydrogen-bond acceptors (Lipinski definition) is 4. The molecule has 1 atom stereocenters. The summed E-state index contributed by atoms with van der Waals surface area (Å²) in [5.74, 6) is 0.895. The number of nitrogens with zero attached hydrogens (tertiary/aromatic N) is 2. The molecule has 2 aliphatic heterocycles. The Kier molecular flexibility index (Phi) is 6.25. The topological polar surface area (TPSA) is 52.7 Å². The number of thioether (sulfide) groups is 1. The molecule has 0 saturated carbocycles. The number of halogens is 1. The summed E-state index contributed by atoms with van der Waals surface area (Å²) < 4.78 is 0. The van der Waals surface area contributed by atoms with Crippen LogP contribution in [0.1, 0.15) is 12.8 Å². The van der Waals surface area contributed by atoms with E-state index in [-0.39, 0.29) is 30.1 Å². The van der Waals surface area contributed by atoms with Gasteiger partial charge >= 0.3 is 0 Å². The second-order valence-electron chi connectivity index (χ2n) is 4.50.